The van der Waals surface area contributed by atoms with E-state index >= 15 is 0 Å². The number of amides is 1. The number of sulfonamides is 1. The Morgan fingerprint density at radius 2 is 1.85 bits per heavy atom. The Hall–Kier alpha value is -2.38. The fraction of sp³-hybridized carbons (Fsp3) is 0.316. The van der Waals surface area contributed by atoms with Crippen molar-refractivity contribution in [3.63, 3.8) is 0 Å². The molecular weight excluding hydrogens is 352 g/mol. The van der Waals surface area contributed by atoms with Crippen LogP contribution in [0.1, 0.15) is 29.3 Å². The lowest BCUT2D eigenvalue weighted by molar-refractivity contribution is 0.0944. The maximum Gasteiger partial charge on any atom is 0.262 e. The summed E-state index contributed by atoms with van der Waals surface area (Å²) in [6, 6.07) is 13.3. The van der Waals surface area contributed by atoms with E-state index in [1.54, 1.807) is 49.4 Å². The molecule has 7 heteroatoms. The summed E-state index contributed by atoms with van der Waals surface area (Å²) in [7, 11) is -3.78. The Morgan fingerprint density at radius 1 is 1.12 bits per heavy atom. The van der Waals surface area contributed by atoms with Crippen LogP contribution in [0.25, 0.3) is 0 Å². The third kappa shape index (κ3) is 5.57. The number of hydrogen-bond donors (Lipinski definition) is 2. The van der Waals surface area contributed by atoms with E-state index in [1.807, 2.05) is 6.92 Å². The molecule has 0 bridgehead atoms. The fourth-order valence-electron chi connectivity index (χ4n) is 2.37. The monoisotopic (exact) mass is 376 g/mol. The zero-order chi connectivity index (χ0) is 19.0. The van der Waals surface area contributed by atoms with Gasteiger partial charge in [0.15, 0.2) is 0 Å². The van der Waals surface area contributed by atoms with Crippen molar-refractivity contribution in [2.24, 2.45) is 0 Å². The SMILES string of the molecule is CCOCCCNC(=O)c1ccc(C)c(S(=O)(=O)Nc2ccccc2)c1. The van der Waals surface area contributed by atoms with E-state index in [2.05, 4.69) is 10.0 Å². The molecule has 0 aliphatic rings. The number of ether oxygens (including phenoxy) is 1. The van der Waals surface area contributed by atoms with Gasteiger partial charge >= 0.3 is 0 Å². The van der Waals surface area contributed by atoms with E-state index in [9.17, 15) is 13.2 Å². The van der Waals surface area contributed by atoms with E-state index < -0.39 is 10.0 Å². The van der Waals surface area contributed by atoms with Crippen molar-refractivity contribution in [1.82, 2.24) is 5.32 Å². The lowest BCUT2D eigenvalue weighted by atomic mass is 10.1. The molecule has 0 spiro atoms. The molecule has 0 aliphatic carbocycles. The highest BCUT2D eigenvalue weighted by atomic mass is 32.2. The average Bonchev–Trinajstić information content (AvgIpc) is 2.62. The molecule has 0 aromatic heterocycles. The van der Waals surface area contributed by atoms with Crippen LogP contribution in [0.4, 0.5) is 5.69 Å². The summed E-state index contributed by atoms with van der Waals surface area (Å²) in [6.45, 7) is 5.30. The first kappa shape index (κ1) is 19.9. The smallest absolute Gasteiger partial charge is 0.262 e. The summed E-state index contributed by atoms with van der Waals surface area (Å²) in [4.78, 5) is 12.3. The zero-order valence-electron chi connectivity index (χ0n) is 15.0. The lowest BCUT2D eigenvalue weighted by Crippen LogP contribution is -2.26. The topological polar surface area (TPSA) is 84.5 Å². The third-order valence-electron chi connectivity index (χ3n) is 3.72. The van der Waals surface area contributed by atoms with Gasteiger partial charge in [-0.25, -0.2) is 8.42 Å². The van der Waals surface area contributed by atoms with Crippen LogP contribution in [0.5, 0.6) is 0 Å². The summed E-state index contributed by atoms with van der Waals surface area (Å²) < 4.78 is 33.1. The number of para-hydroxylation sites is 1. The van der Waals surface area contributed by atoms with E-state index in [-0.39, 0.29) is 10.8 Å². The maximum atomic E-state index is 12.7. The van der Waals surface area contributed by atoms with Crippen LogP contribution in [0, 0.1) is 6.92 Å². The van der Waals surface area contributed by atoms with Crippen molar-refractivity contribution in [3.8, 4) is 0 Å². The summed E-state index contributed by atoms with van der Waals surface area (Å²) in [5, 5.41) is 2.77. The second-order valence-corrected chi connectivity index (χ2v) is 7.41. The number of hydrogen-bond acceptors (Lipinski definition) is 4. The van der Waals surface area contributed by atoms with Gasteiger partial charge in [0, 0.05) is 31.0 Å². The number of aryl methyl sites for hydroxylation is 1. The predicted octanol–water partition coefficient (Wildman–Crippen LogP) is 2.95. The largest absolute Gasteiger partial charge is 0.382 e. The molecule has 6 nitrogen and oxygen atoms in total. The van der Waals surface area contributed by atoms with E-state index in [0.29, 0.717) is 43.0 Å². The van der Waals surface area contributed by atoms with Crippen molar-refractivity contribution >= 4 is 21.6 Å². The van der Waals surface area contributed by atoms with Gasteiger partial charge in [-0.15, -0.1) is 0 Å². The highest BCUT2D eigenvalue weighted by molar-refractivity contribution is 7.92. The number of carbonyl (C=O) groups excluding carboxylic acids is 1. The summed E-state index contributed by atoms with van der Waals surface area (Å²) in [5.74, 6) is -0.308. The van der Waals surface area contributed by atoms with E-state index in [4.69, 9.17) is 4.74 Å². The van der Waals surface area contributed by atoms with Crippen molar-refractivity contribution in [2.45, 2.75) is 25.2 Å². The Kier molecular flexibility index (Phi) is 7.17. The van der Waals surface area contributed by atoms with E-state index in [0.717, 1.165) is 0 Å². The molecule has 0 saturated carbocycles. The second kappa shape index (κ2) is 9.35. The third-order valence-corrected chi connectivity index (χ3v) is 5.24. The molecule has 2 aromatic rings. The Labute approximate surface area is 154 Å². The highest BCUT2D eigenvalue weighted by Crippen LogP contribution is 2.20. The van der Waals surface area contributed by atoms with Crippen molar-refractivity contribution < 1.29 is 17.9 Å². The van der Waals surface area contributed by atoms with Crippen molar-refractivity contribution in [1.29, 1.82) is 0 Å². The Morgan fingerprint density at radius 3 is 2.54 bits per heavy atom. The van der Waals surface area contributed by atoms with Gasteiger partial charge in [-0.2, -0.15) is 0 Å². The first-order valence-electron chi connectivity index (χ1n) is 8.48. The molecule has 0 heterocycles. The molecule has 0 fully saturated rings. The number of nitrogens with one attached hydrogen (secondary N) is 2. The summed E-state index contributed by atoms with van der Waals surface area (Å²) >= 11 is 0. The van der Waals surface area contributed by atoms with E-state index in [1.165, 1.54) is 6.07 Å². The lowest BCUT2D eigenvalue weighted by Gasteiger charge is -2.12. The molecular formula is C19H24N2O4S. The van der Waals surface area contributed by atoms with Gasteiger partial charge in [-0.05, 0) is 50.1 Å². The van der Waals surface area contributed by atoms with Crippen LogP contribution in [0.3, 0.4) is 0 Å². The zero-order valence-corrected chi connectivity index (χ0v) is 15.8. The number of carbonyl (C=O) groups is 1. The number of anilines is 1. The number of rotatable bonds is 9. The fourth-order valence-corrected chi connectivity index (χ4v) is 3.70. The molecule has 0 radical (unpaired) electrons. The minimum Gasteiger partial charge on any atom is -0.382 e. The Balaban J connectivity index is 2.12. The van der Waals surface area contributed by atoms with Gasteiger partial charge in [-0.1, -0.05) is 24.3 Å². The normalized spacial score (nSPS) is 11.2. The van der Waals surface area contributed by atoms with Crippen LogP contribution in [-0.4, -0.2) is 34.1 Å². The van der Waals surface area contributed by atoms with Gasteiger partial charge in [0.2, 0.25) is 0 Å². The minimum absolute atomic E-state index is 0.0864. The molecule has 2 N–H and O–H groups in total. The Bertz CT molecular complexity index is 836. The first-order valence-corrected chi connectivity index (χ1v) is 9.97. The van der Waals surface area contributed by atoms with Gasteiger partial charge in [0.05, 0.1) is 4.90 Å². The maximum absolute atomic E-state index is 12.7. The van der Waals surface area contributed by atoms with Gasteiger partial charge in [0.25, 0.3) is 15.9 Å². The van der Waals surface area contributed by atoms with Crippen LogP contribution < -0.4 is 10.0 Å². The van der Waals surface area contributed by atoms with Crippen molar-refractivity contribution in [3.05, 3.63) is 59.7 Å². The standard InChI is InChI=1S/C19H24N2O4S/c1-3-25-13-7-12-20-19(22)16-11-10-15(2)18(14-16)26(23,24)21-17-8-5-4-6-9-17/h4-6,8-11,14,21H,3,7,12-13H2,1-2H3,(H,20,22). The molecule has 2 aromatic carbocycles. The molecule has 0 atom stereocenters. The van der Waals surface area contributed by atoms with Gasteiger partial charge < -0.3 is 10.1 Å². The van der Waals surface area contributed by atoms with Crippen LogP contribution in [0.15, 0.2) is 53.4 Å². The summed E-state index contributed by atoms with van der Waals surface area (Å²) in [5.41, 5.74) is 1.35. The first-order chi connectivity index (χ1) is 12.4. The molecule has 0 saturated heterocycles. The molecule has 1 amide bonds. The van der Waals surface area contributed by atoms with Crippen molar-refractivity contribution in [2.75, 3.05) is 24.5 Å². The van der Waals surface area contributed by atoms with Gasteiger partial charge in [0.1, 0.15) is 0 Å². The number of benzene rings is 2. The molecule has 0 aliphatic heterocycles. The molecule has 2 rings (SSSR count). The minimum atomic E-state index is -3.78. The predicted molar refractivity (Wildman–Crippen MR) is 102 cm³/mol. The van der Waals surface area contributed by atoms with Crippen LogP contribution >= 0.6 is 0 Å². The molecule has 0 unspecified atom stereocenters. The summed E-state index contributed by atoms with van der Waals surface area (Å²) in [6.07, 6.45) is 0.701. The van der Waals surface area contributed by atoms with Gasteiger partial charge in [-0.3, -0.25) is 9.52 Å². The second-order valence-electron chi connectivity index (χ2n) is 5.76. The highest BCUT2D eigenvalue weighted by Gasteiger charge is 2.19. The quantitative estimate of drug-likeness (QED) is 0.659. The van der Waals surface area contributed by atoms with Crippen LogP contribution in [-0.2, 0) is 14.8 Å². The average molecular weight is 376 g/mol. The molecule has 26 heavy (non-hydrogen) atoms. The van der Waals surface area contributed by atoms with Crippen LogP contribution in [0.2, 0.25) is 0 Å². The molecule has 140 valence electrons.